The fourth-order valence-electron chi connectivity index (χ4n) is 3.29. The zero-order chi connectivity index (χ0) is 15.1. The molecule has 0 radical (unpaired) electrons. The van der Waals surface area contributed by atoms with E-state index in [2.05, 4.69) is 4.98 Å². The normalized spacial score (nSPS) is 18.3. The molecule has 1 atom stereocenters. The largest absolute Gasteiger partial charge is 0.361 e. The maximum absolute atomic E-state index is 12.4. The summed E-state index contributed by atoms with van der Waals surface area (Å²) in [5.41, 5.74) is 3.12. The molecular weight excluding hydrogens is 296 g/mol. The van der Waals surface area contributed by atoms with Crippen molar-refractivity contribution in [3.8, 4) is 0 Å². The summed E-state index contributed by atoms with van der Waals surface area (Å²) < 4.78 is 0. The van der Waals surface area contributed by atoms with Crippen LogP contribution in [0, 0.1) is 0 Å². The number of amides is 1. The Balaban J connectivity index is 1.81. The minimum Gasteiger partial charge on any atom is -0.361 e. The molecule has 0 unspecified atom stereocenters. The van der Waals surface area contributed by atoms with Crippen LogP contribution in [0.5, 0.6) is 0 Å². The van der Waals surface area contributed by atoms with Crippen molar-refractivity contribution < 1.29 is 4.79 Å². The molecule has 0 bridgehead atoms. The van der Waals surface area contributed by atoms with Crippen LogP contribution < -0.4 is 4.90 Å². The van der Waals surface area contributed by atoms with Gasteiger partial charge in [0.2, 0.25) is 5.91 Å². The molecule has 4 heteroatoms. The summed E-state index contributed by atoms with van der Waals surface area (Å²) in [4.78, 5) is 17.5. The van der Waals surface area contributed by atoms with Crippen LogP contribution in [-0.2, 0) is 4.79 Å². The highest BCUT2D eigenvalue weighted by Crippen LogP contribution is 2.39. The highest BCUT2D eigenvalue weighted by Gasteiger charge is 2.34. The van der Waals surface area contributed by atoms with Crippen molar-refractivity contribution in [1.82, 2.24) is 4.98 Å². The second-order valence-corrected chi connectivity index (χ2v) is 6.02. The molecule has 4 rings (SSSR count). The van der Waals surface area contributed by atoms with Gasteiger partial charge in [-0.25, -0.2) is 0 Å². The molecule has 0 spiro atoms. The van der Waals surface area contributed by atoms with Crippen LogP contribution >= 0.6 is 11.6 Å². The third kappa shape index (κ3) is 2.09. The van der Waals surface area contributed by atoms with E-state index in [1.807, 2.05) is 59.6 Å². The molecule has 22 heavy (non-hydrogen) atoms. The van der Waals surface area contributed by atoms with Gasteiger partial charge in [0.15, 0.2) is 0 Å². The van der Waals surface area contributed by atoms with Crippen LogP contribution in [0.4, 0.5) is 5.69 Å². The van der Waals surface area contributed by atoms with Gasteiger partial charge in [-0.3, -0.25) is 4.79 Å². The Morgan fingerprint density at radius 1 is 1.14 bits per heavy atom. The Kier molecular flexibility index (Phi) is 3.16. The maximum Gasteiger partial charge on any atom is 0.227 e. The summed E-state index contributed by atoms with van der Waals surface area (Å²) >= 11 is 6.05. The molecule has 1 fully saturated rings. The maximum atomic E-state index is 12.4. The Bertz CT molecular complexity index is 841. The van der Waals surface area contributed by atoms with Gasteiger partial charge in [-0.05, 0) is 30.7 Å². The molecule has 1 saturated heterocycles. The number of anilines is 1. The monoisotopic (exact) mass is 310 g/mol. The molecule has 1 N–H and O–H groups in total. The number of hydrogen-bond donors (Lipinski definition) is 1. The van der Waals surface area contributed by atoms with E-state index >= 15 is 0 Å². The van der Waals surface area contributed by atoms with Gasteiger partial charge in [0, 0.05) is 39.8 Å². The molecule has 0 saturated carbocycles. The first-order chi connectivity index (χ1) is 10.7. The highest BCUT2D eigenvalue weighted by atomic mass is 35.5. The number of nitrogens with zero attached hydrogens (tertiary/aromatic N) is 1. The summed E-state index contributed by atoms with van der Waals surface area (Å²) in [6.07, 6.45) is 3.42. The van der Waals surface area contributed by atoms with E-state index in [0.717, 1.165) is 28.6 Å². The molecule has 1 amide bonds. The minimum absolute atomic E-state index is 0.0739. The topological polar surface area (TPSA) is 36.1 Å². The average molecular weight is 311 g/mol. The standard InChI is InChI=1S/C18H15ClN2O/c19-12-6-7-14-15(11-20-16(14)10-12)17-8-9-18(22)21(17)13-4-2-1-3-5-13/h1-7,10-11,17,20H,8-9H2/t17-/m0/s1. The van der Waals surface area contributed by atoms with Crippen LogP contribution in [0.15, 0.2) is 54.7 Å². The summed E-state index contributed by atoms with van der Waals surface area (Å²) in [5.74, 6) is 0.180. The summed E-state index contributed by atoms with van der Waals surface area (Å²) in [5, 5.41) is 1.84. The van der Waals surface area contributed by atoms with E-state index in [1.54, 1.807) is 0 Å². The summed E-state index contributed by atoms with van der Waals surface area (Å²) in [6, 6.07) is 15.8. The van der Waals surface area contributed by atoms with Gasteiger partial charge < -0.3 is 9.88 Å². The number of H-pyrrole nitrogens is 1. The van der Waals surface area contributed by atoms with E-state index in [-0.39, 0.29) is 11.9 Å². The molecule has 0 aliphatic carbocycles. The SMILES string of the molecule is O=C1CC[C@@H](c2c[nH]c3cc(Cl)ccc23)N1c1ccccc1. The third-order valence-corrected chi connectivity index (χ3v) is 4.52. The molecule has 3 nitrogen and oxygen atoms in total. The van der Waals surface area contributed by atoms with Gasteiger partial charge in [0.1, 0.15) is 0 Å². The van der Waals surface area contributed by atoms with Crippen molar-refractivity contribution in [2.45, 2.75) is 18.9 Å². The number of halogens is 1. The van der Waals surface area contributed by atoms with E-state index < -0.39 is 0 Å². The minimum atomic E-state index is 0.0739. The number of carbonyl (C=O) groups excluding carboxylic acids is 1. The van der Waals surface area contributed by atoms with Crippen LogP contribution in [-0.4, -0.2) is 10.9 Å². The van der Waals surface area contributed by atoms with Crippen LogP contribution in [0.3, 0.4) is 0 Å². The smallest absolute Gasteiger partial charge is 0.227 e. The fourth-order valence-corrected chi connectivity index (χ4v) is 3.46. The second-order valence-electron chi connectivity index (χ2n) is 5.59. The molecule has 1 aromatic heterocycles. The average Bonchev–Trinajstić information content (AvgIpc) is 3.11. The zero-order valence-corrected chi connectivity index (χ0v) is 12.7. The van der Waals surface area contributed by atoms with Crippen LogP contribution in [0.2, 0.25) is 5.02 Å². The number of para-hydroxylation sites is 1. The van der Waals surface area contributed by atoms with Crippen LogP contribution in [0.25, 0.3) is 10.9 Å². The van der Waals surface area contributed by atoms with Crippen molar-refractivity contribution >= 4 is 34.1 Å². The van der Waals surface area contributed by atoms with Crippen molar-refractivity contribution in [2.24, 2.45) is 0 Å². The van der Waals surface area contributed by atoms with Crippen molar-refractivity contribution in [3.05, 3.63) is 65.3 Å². The summed E-state index contributed by atoms with van der Waals surface area (Å²) in [7, 11) is 0. The number of fused-ring (bicyclic) bond motifs is 1. The predicted molar refractivity (Wildman–Crippen MR) is 89.2 cm³/mol. The zero-order valence-electron chi connectivity index (χ0n) is 11.9. The number of rotatable bonds is 2. The van der Waals surface area contributed by atoms with Gasteiger partial charge >= 0.3 is 0 Å². The number of aromatic nitrogens is 1. The number of aromatic amines is 1. The third-order valence-electron chi connectivity index (χ3n) is 4.28. The Morgan fingerprint density at radius 2 is 1.95 bits per heavy atom. The first kappa shape index (κ1) is 13.4. The second kappa shape index (κ2) is 5.18. The van der Waals surface area contributed by atoms with Crippen molar-refractivity contribution in [3.63, 3.8) is 0 Å². The van der Waals surface area contributed by atoms with Gasteiger partial charge in [-0.1, -0.05) is 35.9 Å². The molecule has 110 valence electrons. The molecule has 2 aromatic carbocycles. The lowest BCUT2D eigenvalue weighted by Crippen LogP contribution is -2.27. The Hall–Kier alpha value is -2.26. The first-order valence-electron chi connectivity index (χ1n) is 7.38. The quantitative estimate of drug-likeness (QED) is 0.732. The predicted octanol–water partition coefficient (Wildman–Crippen LogP) is 4.69. The number of hydrogen-bond acceptors (Lipinski definition) is 1. The molecule has 2 heterocycles. The van der Waals surface area contributed by atoms with Crippen molar-refractivity contribution in [1.29, 1.82) is 0 Å². The van der Waals surface area contributed by atoms with Crippen LogP contribution in [0.1, 0.15) is 24.4 Å². The number of carbonyl (C=O) groups is 1. The molecule has 1 aliphatic rings. The number of benzene rings is 2. The van der Waals surface area contributed by atoms with Gasteiger partial charge in [0.25, 0.3) is 0 Å². The van der Waals surface area contributed by atoms with Gasteiger partial charge in [-0.15, -0.1) is 0 Å². The van der Waals surface area contributed by atoms with E-state index in [9.17, 15) is 4.79 Å². The van der Waals surface area contributed by atoms with Gasteiger partial charge in [-0.2, -0.15) is 0 Å². The highest BCUT2D eigenvalue weighted by molar-refractivity contribution is 6.31. The lowest BCUT2D eigenvalue weighted by molar-refractivity contribution is -0.117. The Labute approximate surface area is 133 Å². The fraction of sp³-hybridized carbons (Fsp3) is 0.167. The van der Waals surface area contributed by atoms with E-state index in [4.69, 9.17) is 11.6 Å². The van der Waals surface area contributed by atoms with E-state index in [1.165, 1.54) is 0 Å². The van der Waals surface area contributed by atoms with Gasteiger partial charge in [0.05, 0.1) is 6.04 Å². The lowest BCUT2D eigenvalue weighted by Gasteiger charge is -2.24. The van der Waals surface area contributed by atoms with E-state index in [0.29, 0.717) is 11.4 Å². The van der Waals surface area contributed by atoms with Crippen molar-refractivity contribution in [2.75, 3.05) is 4.90 Å². The first-order valence-corrected chi connectivity index (χ1v) is 7.75. The molecular formula is C18H15ClN2O. The summed E-state index contributed by atoms with van der Waals surface area (Å²) in [6.45, 7) is 0. The number of nitrogens with one attached hydrogen (secondary N) is 1. The lowest BCUT2D eigenvalue weighted by atomic mass is 10.0. The molecule has 3 aromatic rings. The Morgan fingerprint density at radius 3 is 2.77 bits per heavy atom. The molecule has 1 aliphatic heterocycles.